The van der Waals surface area contributed by atoms with Gasteiger partial charge in [0.1, 0.15) is 6.54 Å². The number of halogens is 1. The minimum absolute atomic E-state index is 0.0149. The van der Waals surface area contributed by atoms with Crippen molar-refractivity contribution in [2.24, 2.45) is 0 Å². The Bertz CT molecular complexity index is 732. The van der Waals surface area contributed by atoms with Crippen molar-refractivity contribution in [2.45, 2.75) is 19.4 Å². The van der Waals surface area contributed by atoms with Gasteiger partial charge in [-0.2, -0.15) is 0 Å². The van der Waals surface area contributed by atoms with Crippen molar-refractivity contribution < 1.29 is 9.59 Å². The Balaban J connectivity index is 1.61. The SMILES string of the molecule is CC(CC(=O)N1CCN(c2cccc(Cl)c2)C(=O)C1)n1ccnc1. The van der Waals surface area contributed by atoms with E-state index in [0.29, 0.717) is 24.5 Å². The number of nitrogens with zero attached hydrogens (tertiary/aromatic N) is 4. The van der Waals surface area contributed by atoms with Crippen LogP contribution in [0.15, 0.2) is 43.0 Å². The Morgan fingerprint density at radius 2 is 2.21 bits per heavy atom. The number of imidazole rings is 1. The Labute approximate surface area is 145 Å². The van der Waals surface area contributed by atoms with Crippen LogP contribution in [0.1, 0.15) is 19.4 Å². The fraction of sp³-hybridized carbons (Fsp3) is 0.353. The van der Waals surface area contributed by atoms with E-state index in [1.54, 1.807) is 34.5 Å². The van der Waals surface area contributed by atoms with Gasteiger partial charge in [0.05, 0.1) is 6.33 Å². The van der Waals surface area contributed by atoms with Crippen LogP contribution in [0.3, 0.4) is 0 Å². The van der Waals surface area contributed by atoms with Crippen LogP contribution < -0.4 is 4.90 Å². The Kier molecular flexibility index (Phi) is 4.85. The van der Waals surface area contributed by atoms with Gasteiger partial charge in [-0.05, 0) is 25.1 Å². The van der Waals surface area contributed by atoms with E-state index < -0.39 is 0 Å². The molecule has 0 N–H and O–H groups in total. The third-order valence-corrected chi connectivity index (χ3v) is 4.43. The lowest BCUT2D eigenvalue weighted by atomic mass is 10.2. The third kappa shape index (κ3) is 3.59. The molecule has 1 aliphatic heterocycles. The van der Waals surface area contributed by atoms with Crippen molar-refractivity contribution in [3.05, 3.63) is 48.0 Å². The first-order valence-electron chi connectivity index (χ1n) is 7.86. The number of carbonyl (C=O) groups is 2. The van der Waals surface area contributed by atoms with Gasteiger partial charge in [-0.1, -0.05) is 17.7 Å². The topological polar surface area (TPSA) is 58.4 Å². The number of aromatic nitrogens is 2. The lowest BCUT2D eigenvalue weighted by molar-refractivity contribution is -0.137. The predicted molar refractivity (Wildman–Crippen MR) is 91.9 cm³/mol. The highest BCUT2D eigenvalue weighted by molar-refractivity contribution is 6.30. The Morgan fingerprint density at radius 3 is 2.88 bits per heavy atom. The number of piperazine rings is 1. The zero-order valence-electron chi connectivity index (χ0n) is 13.4. The van der Waals surface area contributed by atoms with Gasteiger partial charge in [-0.15, -0.1) is 0 Å². The van der Waals surface area contributed by atoms with Gasteiger partial charge >= 0.3 is 0 Å². The zero-order chi connectivity index (χ0) is 17.1. The van der Waals surface area contributed by atoms with E-state index in [2.05, 4.69) is 4.98 Å². The van der Waals surface area contributed by atoms with E-state index in [-0.39, 0.29) is 24.4 Å². The zero-order valence-corrected chi connectivity index (χ0v) is 14.2. The molecule has 1 fully saturated rings. The second-order valence-electron chi connectivity index (χ2n) is 5.90. The molecule has 2 aromatic rings. The summed E-state index contributed by atoms with van der Waals surface area (Å²) in [5.41, 5.74) is 0.770. The smallest absolute Gasteiger partial charge is 0.246 e. The average Bonchev–Trinajstić information content (AvgIpc) is 3.09. The van der Waals surface area contributed by atoms with E-state index in [1.165, 1.54) is 0 Å². The largest absolute Gasteiger partial charge is 0.334 e. The first-order valence-corrected chi connectivity index (χ1v) is 8.23. The molecule has 0 bridgehead atoms. The van der Waals surface area contributed by atoms with E-state index in [1.807, 2.05) is 29.8 Å². The summed E-state index contributed by atoms with van der Waals surface area (Å²) in [5, 5.41) is 0.591. The number of anilines is 1. The van der Waals surface area contributed by atoms with Crippen molar-refractivity contribution in [2.75, 3.05) is 24.5 Å². The van der Waals surface area contributed by atoms with E-state index >= 15 is 0 Å². The highest BCUT2D eigenvalue weighted by atomic mass is 35.5. The van der Waals surface area contributed by atoms with Crippen molar-refractivity contribution in [1.29, 1.82) is 0 Å². The summed E-state index contributed by atoms with van der Waals surface area (Å²) in [6, 6.07) is 7.21. The molecule has 2 amide bonds. The first kappa shape index (κ1) is 16.5. The van der Waals surface area contributed by atoms with E-state index in [4.69, 9.17) is 11.6 Å². The van der Waals surface area contributed by atoms with Crippen LogP contribution in [0.4, 0.5) is 5.69 Å². The molecule has 0 aliphatic carbocycles. The third-order valence-electron chi connectivity index (χ3n) is 4.20. The molecule has 1 aromatic carbocycles. The number of rotatable bonds is 4. The molecule has 1 aromatic heterocycles. The van der Waals surface area contributed by atoms with Gasteiger partial charge in [0.15, 0.2) is 0 Å². The molecule has 1 aliphatic rings. The molecule has 1 unspecified atom stereocenters. The highest BCUT2D eigenvalue weighted by Gasteiger charge is 2.28. The maximum atomic E-state index is 12.4. The van der Waals surface area contributed by atoms with Crippen LogP contribution in [-0.2, 0) is 9.59 Å². The maximum absolute atomic E-state index is 12.4. The molecule has 126 valence electrons. The monoisotopic (exact) mass is 346 g/mol. The number of benzene rings is 1. The standard InChI is InChI=1S/C17H19ClN4O2/c1-13(21-6-5-19-12-21)9-16(23)20-7-8-22(17(24)11-20)15-4-2-3-14(18)10-15/h2-6,10,12-13H,7-9,11H2,1H3. The normalized spacial score (nSPS) is 16.3. The summed E-state index contributed by atoms with van der Waals surface area (Å²) in [6.07, 6.45) is 5.56. The second-order valence-corrected chi connectivity index (χ2v) is 6.34. The van der Waals surface area contributed by atoms with Gasteiger partial charge in [0.2, 0.25) is 11.8 Å². The molecule has 7 heteroatoms. The lowest BCUT2D eigenvalue weighted by Gasteiger charge is -2.35. The Morgan fingerprint density at radius 1 is 1.38 bits per heavy atom. The summed E-state index contributed by atoms with van der Waals surface area (Å²) in [7, 11) is 0. The fourth-order valence-corrected chi connectivity index (χ4v) is 3.00. The van der Waals surface area contributed by atoms with Crippen molar-refractivity contribution >= 4 is 29.1 Å². The summed E-state index contributed by atoms with van der Waals surface area (Å²) in [5.74, 6) is -0.109. The van der Waals surface area contributed by atoms with Gasteiger partial charge in [0.25, 0.3) is 0 Å². The van der Waals surface area contributed by atoms with Gasteiger partial charge < -0.3 is 14.4 Å². The van der Waals surface area contributed by atoms with Gasteiger partial charge in [-0.25, -0.2) is 4.98 Å². The summed E-state index contributed by atoms with van der Waals surface area (Å²) in [4.78, 5) is 32.1. The van der Waals surface area contributed by atoms with Crippen LogP contribution in [-0.4, -0.2) is 45.9 Å². The minimum atomic E-state index is -0.0906. The van der Waals surface area contributed by atoms with Crippen molar-refractivity contribution in [3.8, 4) is 0 Å². The molecule has 3 rings (SSSR count). The maximum Gasteiger partial charge on any atom is 0.246 e. The average molecular weight is 347 g/mol. The van der Waals surface area contributed by atoms with Gasteiger partial charge in [-0.3, -0.25) is 9.59 Å². The molecular weight excluding hydrogens is 328 g/mol. The first-order chi connectivity index (χ1) is 11.5. The van der Waals surface area contributed by atoms with Crippen LogP contribution in [0.25, 0.3) is 0 Å². The van der Waals surface area contributed by atoms with Gasteiger partial charge in [0, 0.05) is 48.7 Å². The molecule has 2 heterocycles. The van der Waals surface area contributed by atoms with E-state index in [0.717, 1.165) is 5.69 Å². The molecule has 24 heavy (non-hydrogen) atoms. The molecule has 1 saturated heterocycles. The van der Waals surface area contributed by atoms with Crippen molar-refractivity contribution in [3.63, 3.8) is 0 Å². The highest BCUT2D eigenvalue weighted by Crippen LogP contribution is 2.22. The summed E-state index contributed by atoms with van der Waals surface area (Å²) >= 11 is 5.99. The fourth-order valence-electron chi connectivity index (χ4n) is 2.82. The van der Waals surface area contributed by atoms with Crippen LogP contribution in [0, 0.1) is 0 Å². The number of hydrogen-bond donors (Lipinski definition) is 0. The van der Waals surface area contributed by atoms with Crippen LogP contribution in [0.5, 0.6) is 0 Å². The number of carbonyl (C=O) groups excluding carboxylic acids is 2. The number of amides is 2. The predicted octanol–water partition coefficient (Wildman–Crippen LogP) is 2.36. The quantitative estimate of drug-likeness (QED) is 0.854. The molecule has 6 nitrogen and oxygen atoms in total. The molecule has 0 saturated carbocycles. The number of hydrogen-bond acceptors (Lipinski definition) is 3. The minimum Gasteiger partial charge on any atom is -0.334 e. The second kappa shape index (κ2) is 7.05. The van der Waals surface area contributed by atoms with Crippen LogP contribution in [0.2, 0.25) is 5.02 Å². The summed E-state index contributed by atoms with van der Waals surface area (Å²) < 4.78 is 1.89. The molecular formula is C17H19ClN4O2. The summed E-state index contributed by atoms with van der Waals surface area (Å²) in [6.45, 7) is 3.06. The van der Waals surface area contributed by atoms with E-state index in [9.17, 15) is 9.59 Å². The molecule has 1 atom stereocenters. The molecule has 0 radical (unpaired) electrons. The lowest BCUT2D eigenvalue weighted by Crippen LogP contribution is -2.52. The molecule has 0 spiro atoms. The van der Waals surface area contributed by atoms with Crippen molar-refractivity contribution in [1.82, 2.24) is 14.5 Å². The Hall–Kier alpha value is -2.34. The van der Waals surface area contributed by atoms with Crippen LogP contribution >= 0.6 is 11.6 Å².